The first kappa shape index (κ1) is 13.2. The number of rotatable bonds is 2. The number of hydrogen-bond donors (Lipinski definition) is 1. The highest BCUT2D eigenvalue weighted by Gasteiger charge is 2.56. The Bertz CT molecular complexity index is 471. The molecule has 1 aromatic carbocycles. The van der Waals surface area contributed by atoms with Gasteiger partial charge in [-0.1, -0.05) is 30.9 Å². The van der Waals surface area contributed by atoms with Crippen LogP contribution in [0.2, 0.25) is 5.02 Å². The lowest BCUT2D eigenvalue weighted by atomic mass is 9.56. The van der Waals surface area contributed by atoms with Gasteiger partial charge in [-0.15, -0.1) is 0 Å². The highest BCUT2D eigenvalue weighted by atomic mass is 35.5. The van der Waals surface area contributed by atoms with Crippen molar-refractivity contribution in [2.45, 2.75) is 50.7 Å². The van der Waals surface area contributed by atoms with Crippen molar-refractivity contribution in [3.05, 3.63) is 29.0 Å². The molecular weight excluding hydrogens is 267 g/mol. The summed E-state index contributed by atoms with van der Waals surface area (Å²) >= 11 is 5.76. The quantitative estimate of drug-likeness (QED) is 0.891. The first-order valence-corrected chi connectivity index (χ1v) is 7.29. The molecule has 0 aliphatic heterocycles. The minimum Gasteiger partial charge on any atom is -0.490 e. The predicted octanol–water partition coefficient (Wildman–Crippen LogP) is 3.94. The van der Waals surface area contributed by atoms with E-state index in [-0.39, 0.29) is 22.6 Å². The van der Waals surface area contributed by atoms with Crippen molar-refractivity contribution >= 4 is 11.6 Å². The Morgan fingerprint density at radius 2 is 2.00 bits per heavy atom. The van der Waals surface area contributed by atoms with E-state index in [1.54, 1.807) is 6.07 Å². The average molecular weight is 285 g/mol. The summed E-state index contributed by atoms with van der Waals surface area (Å²) in [6.07, 6.45) is 6.03. The maximum Gasteiger partial charge on any atom is 0.142 e. The van der Waals surface area contributed by atoms with Crippen molar-refractivity contribution in [3.63, 3.8) is 0 Å². The van der Waals surface area contributed by atoms with Gasteiger partial charge in [-0.05, 0) is 25.0 Å². The van der Waals surface area contributed by atoms with Crippen LogP contribution in [0, 0.1) is 11.2 Å². The summed E-state index contributed by atoms with van der Waals surface area (Å²) in [6, 6.07) is 4.43. The van der Waals surface area contributed by atoms with Crippen LogP contribution >= 0.6 is 11.6 Å². The zero-order valence-electron chi connectivity index (χ0n) is 10.7. The van der Waals surface area contributed by atoms with Crippen molar-refractivity contribution < 1.29 is 14.2 Å². The third-order valence-corrected chi connectivity index (χ3v) is 4.99. The van der Waals surface area contributed by atoms with Crippen LogP contribution in [0.1, 0.15) is 38.5 Å². The van der Waals surface area contributed by atoms with Gasteiger partial charge in [0.25, 0.3) is 0 Å². The van der Waals surface area contributed by atoms with Gasteiger partial charge in [0.2, 0.25) is 0 Å². The number of halogens is 2. The van der Waals surface area contributed by atoms with Gasteiger partial charge in [0.05, 0.1) is 11.1 Å². The highest BCUT2D eigenvalue weighted by Crippen LogP contribution is 2.53. The maximum atomic E-state index is 13.1. The Morgan fingerprint density at radius 1 is 1.26 bits per heavy atom. The Labute approximate surface area is 117 Å². The van der Waals surface area contributed by atoms with Crippen LogP contribution in [-0.4, -0.2) is 17.3 Å². The molecule has 3 rings (SSSR count). The van der Waals surface area contributed by atoms with Crippen molar-refractivity contribution in [3.8, 4) is 5.75 Å². The van der Waals surface area contributed by atoms with Gasteiger partial charge in [0.1, 0.15) is 17.7 Å². The van der Waals surface area contributed by atoms with Crippen LogP contribution in [0.15, 0.2) is 18.2 Å². The molecule has 2 aliphatic rings. The smallest absolute Gasteiger partial charge is 0.142 e. The first-order chi connectivity index (χ1) is 9.12. The number of hydrogen-bond acceptors (Lipinski definition) is 2. The molecule has 0 bridgehead atoms. The van der Waals surface area contributed by atoms with E-state index in [0.717, 1.165) is 25.7 Å². The molecule has 104 valence electrons. The minimum atomic E-state index is -0.435. The molecule has 0 aromatic heterocycles. The molecule has 2 saturated carbocycles. The summed E-state index contributed by atoms with van der Waals surface area (Å²) in [4.78, 5) is 0. The van der Waals surface area contributed by atoms with Crippen LogP contribution in [0.3, 0.4) is 0 Å². The van der Waals surface area contributed by atoms with Crippen molar-refractivity contribution in [2.75, 3.05) is 0 Å². The number of aliphatic hydroxyl groups is 1. The molecule has 0 heterocycles. The normalized spacial score (nSPS) is 29.0. The summed E-state index contributed by atoms with van der Waals surface area (Å²) < 4.78 is 19.1. The average Bonchev–Trinajstić information content (AvgIpc) is 2.43. The molecule has 0 amide bonds. The molecule has 1 spiro atoms. The zero-order valence-corrected chi connectivity index (χ0v) is 11.5. The van der Waals surface area contributed by atoms with Crippen LogP contribution in [0.4, 0.5) is 4.39 Å². The van der Waals surface area contributed by atoms with E-state index in [0.29, 0.717) is 12.2 Å². The van der Waals surface area contributed by atoms with Gasteiger partial charge < -0.3 is 9.84 Å². The number of aliphatic hydroxyl groups excluding tert-OH is 1. The van der Waals surface area contributed by atoms with Crippen LogP contribution < -0.4 is 4.74 Å². The van der Waals surface area contributed by atoms with E-state index < -0.39 is 5.82 Å². The molecule has 2 aliphatic carbocycles. The lowest BCUT2D eigenvalue weighted by Gasteiger charge is -2.55. The lowest BCUT2D eigenvalue weighted by Crippen LogP contribution is -2.60. The number of ether oxygens (including phenoxy) is 1. The second-order valence-corrected chi connectivity index (χ2v) is 6.13. The van der Waals surface area contributed by atoms with Crippen molar-refractivity contribution in [1.29, 1.82) is 0 Å². The Balaban J connectivity index is 1.74. The van der Waals surface area contributed by atoms with Crippen LogP contribution in [0.5, 0.6) is 5.75 Å². The summed E-state index contributed by atoms with van der Waals surface area (Å²) in [5, 5.41) is 10.2. The van der Waals surface area contributed by atoms with Gasteiger partial charge in [-0.2, -0.15) is 0 Å². The molecule has 2 atom stereocenters. The van der Waals surface area contributed by atoms with E-state index in [4.69, 9.17) is 16.3 Å². The molecule has 2 unspecified atom stereocenters. The molecular formula is C15H18ClFO2. The number of benzene rings is 1. The molecule has 2 nitrogen and oxygen atoms in total. The summed E-state index contributed by atoms with van der Waals surface area (Å²) in [5.74, 6) is 0.156. The standard InChI is InChI=1S/C15H18ClFO2/c16-11-8-10(4-5-12(11)17)19-14-9-13(18)15(14)6-2-1-3-7-15/h4-5,8,13-14,18H,1-3,6-7,9H2. The second-order valence-electron chi connectivity index (χ2n) is 5.73. The highest BCUT2D eigenvalue weighted by molar-refractivity contribution is 6.30. The third kappa shape index (κ3) is 2.23. The van der Waals surface area contributed by atoms with Crippen molar-refractivity contribution in [2.24, 2.45) is 5.41 Å². The fourth-order valence-electron chi connectivity index (χ4n) is 3.47. The molecule has 1 aromatic rings. The van der Waals surface area contributed by atoms with Gasteiger partial charge in [-0.3, -0.25) is 0 Å². The van der Waals surface area contributed by atoms with Gasteiger partial charge in [0.15, 0.2) is 0 Å². The summed E-state index contributed by atoms with van der Waals surface area (Å²) in [5.41, 5.74) is -0.0842. The zero-order chi connectivity index (χ0) is 13.5. The Morgan fingerprint density at radius 3 is 2.63 bits per heavy atom. The maximum absolute atomic E-state index is 13.1. The monoisotopic (exact) mass is 284 g/mol. The van der Waals surface area contributed by atoms with Crippen molar-refractivity contribution in [1.82, 2.24) is 0 Å². The van der Waals surface area contributed by atoms with Crippen LogP contribution in [-0.2, 0) is 0 Å². The largest absolute Gasteiger partial charge is 0.490 e. The minimum absolute atomic E-state index is 0.0318. The van der Waals surface area contributed by atoms with E-state index in [9.17, 15) is 9.50 Å². The molecule has 0 saturated heterocycles. The molecule has 2 fully saturated rings. The van der Waals surface area contributed by atoms with Gasteiger partial charge in [0, 0.05) is 17.9 Å². The fourth-order valence-corrected chi connectivity index (χ4v) is 3.64. The van der Waals surface area contributed by atoms with E-state index in [1.165, 1.54) is 18.6 Å². The fraction of sp³-hybridized carbons (Fsp3) is 0.600. The van der Waals surface area contributed by atoms with Gasteiger partial charge in [-0.25, -0.2) is 4.39 Å². The summed E-state index contributed by atoms with van der Waals surface area (Å²) in [7, 11) is 0. The van der Waals surface area contributed by atoms with Crippen LogP contribution in [0.25, 0.3) is 0 Å². The molecule has 19 heavy (non-hydrogen) atoms. The summed E-state index contributed by atoms with van der Waals surface area (Å²) in [6.45, 7) is 0. The topological polar surface area (TPSA) is 29.5 Å². The molecule has 1 N–H and O–H groups in total. The van der Waals surface area contributed by atoms with E-state index in [2.05, 4.69) is 0 Å². The Kier molecular flexibility index (Phi) is 3.44. The lowest BCUT2D eigenvalue weighted by molar-refractivity contribution is -0.172. The molecule has 4 heteroatoms. The third-order valence-electron chi connectivity index (χ3n) is 4.70. The van der Waals surface area contributed by atoms with Gasteiger partial charge >= 0.3 is 0 Å². The Hall–Kier alpha value is -0.800. The van der Waals surface area contributed by atoms with E-state index in [1.807, 2.05) is 0 Å². The second kappa shape index (κ2) is 4.95. The molecule has 0 radical (unpaired) electrons. The first-order valence-electron chi connectivity index (χ1n) is 6.91. The predicted molar refractivity (Wildman–Crippen MR) is 72.0 cm³/mol. The SMILES string of the molecule is OC1CC(Oc2ccc(F)c(Cl)c2)C12CCCCC2. The van der Waals surface area contributed by atoms with E-state index >= 15 is 0 Å².